The summed E-state index contributed by atoms with van der Waals surface area (Å²) in [6.07, 6.45) is 1.62. The third kappa shape index (κ3) is 4.44. The van der Waals surface area contributed by atoms with Crippen molar-refractivity contribution >= 4 is 22.9 Å². The van der Waals surface area contributed by atoms with E-state index in [0.29, 0.717) is 5.75 Å². The monoisotopic (exact) mass is 362 g/mol. The summed E-state index contributed by atoms with van der Waals surface area (Å²) in [6.45, 7) is 3.87. The standard InChI is InChI=1S/C22H22N2O3/c1-15-8-10-20(16(2)12-15)27-14-22(25)24-23-13-17-9-11-21(26-3)19-7-5-4-6-18(17)19/h4-13H,14H2,1-3H3,(H,24,25). The molecule has 138 valence electrons. The molecule has 27 heavy (non-hydrogen) atoms. The lowest BCUT2D eigenvalue weighted by atomic mass is 10.0. The molecule has 0 bridgehead atoms. The van der Waals surface area contributed by atoms with Gasteiger partial charge in [0.05, 0.1) is 13.3 Å². The molecule has 1 N–H and O–H groups in total. The van der Waals surface area contributed by atoms with Crippen molar-refractivity contribution in [2.24, 2.45) is 5.10 Å². The second-order valence-electron chi connectivity index (χ2n) is 6.25. The number of fused-ring (bicyclic) bond motifs is 1. The summed E-state index contributed by atoms with van der Waals surface area (Å²) in [5.74, 6) is 1.18. The molecule has 0 spiro atoms. The van der Waals surface area contributed by atoms with Gasteiger partial charge in [0.15, 0.2) is 6.61 Å². The number of ether oxygens (including phenoxy) is 2. The molecular weight excluding hydrogens is 340 g/mol. The van der Waals surface area contributed by atoms with Gasteiger partial charge in [-0.25, -0.2) is 5.43 Å². The Kier molecular flexibility index (Phi) is 5.71. The molecule has 1 amide bonds. The van der Waals surface area contributed by atoms with E-state index in [1.165, 1.54) is 0 Å². The van der Waals surface area contributed by atoms with Crippen LogP contribution in [-0.2, 0) is 4.79 Å². The molecule has 3 aromatic carbocycles. The third-order valence-electron chi connectivity index (χ3n) is 4.22. The summed E-state index contributed by atoms with van der Waals surface area (Å²) in [4.78, 5) is 12.0. The average molecular weight is 362 g/mol. The zero-order valence-electron chi connectivity index (χ0n) is 15.7. The zero-order valence-corrected chi connectivity index (χ0v) is 15.7. The van der Waals surface area contributed by atoms with E-state index in [1.54, 1.807) is 13.3 Å². The highest BCUT2D eigenvalue weighted by Crippen LogP contribution is 2.27. The SMILES string of the molecule is COc1ccc(C=NNC(=O)COc2ccc(C)cc2C)c2ccccc12. The van der Waals surface area contributed by atoms with Gasteiger partial charge in [-0.15, -0.1) is 0 Å². The van der Waals surface area contributed by atoms with Crippen LogP contribution in [0, 0.1) is 13.8 Å². The lowest BCUT2D eigenvalue weighted by molar-refractivity contribution is -0.123. The van der Waals surface area contributed by atoms with Crippen molar-refractivity contribution < 1.29 is 14.3 Å². The number of carbonyl (C=O) groups excluding carboxylic acids is 1. The first-order chi connectivity index (χ1) is 13.1. The van der Waals surface area contributed by atoms with Crippen LogP contribution in [-0.4, -0.2) is 25.8 Å². The predicted octanol–water partition coefficient (Wildman–Crippen LogP) is 3.99. The lowest BCUT2D eigenvalue weighted by Gasteiger charge is -2.09. The molecule has 0 aliphatic heterocycles. The first-order valence-corrected chi connectivity index (χ1v) is 8.66. The van der Waals surface area contributed by atoms with Crippen LogP contribution in [0.15, 0.2) is 59.7 Å². The Balaban J connectivity index is 1.64. The fraction of sp³-hybridized carbons (Fsp3) is 0.182. The average Bonchev–Trinajstić information content (AvgIpc) is 2.67. The number of methoxy groups -OCH3 is 1. The van der Waals surface area contributed by atoms with Crippen molar-refractivity contribution in [1.82, 2.24) is 5.43 Å². The maximum Gasteiger partial charge on any atom is 0.277 e. The second-order valence-corrected chi connectivity index (χ2v) is 6.25. The highest BCUT2D eigenvalue weighted by atomic mass is 16.5. The molecular formula is C22H22N2O3. The molecule has 5 nitrogen and oxygen atoms in total. The molecule has 3 rings (SSSR count). The van der Waals surface area contributed by atoms with Crippen LogP contribution < -0.4 is 14.9 Å². The molecule has 3 aromatic rings. The minimum atomic E-state index is -0.316. The summed E-state index contributed by atoms with van der Waals surface area (Å²) in [5, 5.41) is 6.05. The molecule has 0 radical (unpaired) electrons. The Morgan fingerprint density at radius 1 is 1.04 bits per heavy atom. The Bertz CT molecular complexity index is 996. The molecule has 0 fully saturated rings. The van der Waals surface area contributed by atoms with Gasteiger partial charge in [-0.3, -0.25) is 4.79 Å². The van der Waals surface area contributed by atoms with Crippen molar-refractivity contribution in [3.05, 3.63) is 71.3 Å². The number of benzene rings is 3. The smallest absolute Gasteiger partial charge is 0.277 e. The number of carbonyl (C=O) groups is 1. The van der Waals surface area contributed by atoms with Crippen molar-refractivity contribution in [3.63, 3.8) is 0 Å². The van der Waals surface area contributed by atoms with Crippen LogP contribution in [0.2, 0.25) is 0 Å². The maximum absolute atomic E-state index is 12.0. The van der Waals surface area contributed by atoms with Gasteiger partial charge in [0, 0.05) is 10.9 Å². The Hall–Kier alpha value is -3.34. The molecule has 0 aromatic heterocycles. The van der Waals surface area contributed by atoms with E-state index in [2.05, 4.69) is 10.5 Å². The van der Waals surface area contributed by atoms with Gasteiger partial charge in [-0.2, -0.15) is 5.10 Å². The van der Waals surface area contributed by atoms with E-state index in [9.17, 15) is 4.79 Å². The quantitative estimate of drug-likeness (QED) is 0.533. The minimum Gasteiger partial charge on any atom is -0.496 e. The van der Waals surface area contributed by atoms with Gasteiger partial charge in [-0.05, 0) is 43.0 Å². The molecule has 0 aliphatic carbocycles. The van der Waals surface area contributed by atoms with Crippen molar-refractivity contribution in [2.75, 3.05) is 13.7 Å². The summed E-state index contributed by atoms with van der Waals surface area (Å²) in [7, 11) is 1.64. The van der Waals surface area contributed by atoms with Crippen LogP contribution in [0.1, 0.15) is 16.7 Å². The first kappa shape index (κ1) is 18.5. The topological polar surface area (TPSA) is 59.9 Å². The van der Waals surface area contributed by atoms with E-state index >= 15 is 0 Å². The number of aryl methyl sites for hydroxylation is 2. The molecule has 0 aliphatic rings. The minimum absolute atomic E-state index is 0.0927. The number of hydrazone groups is 1. The van der Waals surface area contributed by atoms with Crippen LogP contribution >= 0.6 is 0 Å². The Labute approximate surface area is 158 Å². The third-order valence-corrected chi connectivity index (χ3v) is 4.22. The summed E-state index contributed by atoms with van der Waals surface area (Å²) < 4.78 is 10.9. The zero-order chi connectivity index (χ0) is 19.2. The fourth-order valence-corrected chi connectivity index (χ4v) is 2.90. The number of amides is 1. The number of nitrogens with zero attached hydrogens (tertiary/aromatic N) is 1. The normalized spacial score (nSPS) is 10.9. The van der Waals surface area contributed by atoms with E-state index in [1.807, 2.05) is 68.4 Å². The molecule has 5 heteroatoms. The van der Waals surface area contributed by atoms with Gasteiger partial charge >= 0.3 is 0 Å². The van der Waals surface area contributed by atoms with Crippen LogP contribution in [0.5, 0.6) is 11.5 Å². The van der Waals surface area contributed by atoms with Crippen LogP contribution in [0.4, 0.5) is 0 Å². The maximum atomic E-state index is 12.0. The van der Waals surface area contributed by atoms with E-state index in [0.717, 1.165) is 33.2 Å². The Morgan fingerprint density at radius 2 is 1.78 bits per heavy atom. The summed E-state index contributed by atoms with van der Waals surface area (Å²) in [6, 6.07) is 17.5. The van der Waals surface area contributed by atoms with Crippen molar-refractivity contribution in [1.29, 1.82) is 0 Å². The fourth-order valence-electron chi connectivity index (χ4n) is 2.90. The largest absolute Gasteiger partial charge is 0.496 e. The Morgan fingerprint density at radius 3 is 2.52 bits per heavy atom. The summed E-state index contributed by atoms with van der Waals surface area (Å²) >= 11 is 0. The summed E-state index contributed by atoms with van der Waals surface area (Å²) in [5.41, 5.74) is 5.54. The molecule has 0 heterocycles. The van der Waals surface area contributed by atoms with Gasteiger partial charge in [0.2, 0.25) is 0 Å². The molecule has 0 unspecified atom stereocenters. The van der Waals surface area contributed by atoms with Crippen LogP contribution in [0.25, 0.3) is 10.8 Å². The van der Waals surface area contributed by atoms with Crippen molar-refractivity contribution in [2.45, 2.75) is 13.8 Å². The highest BCUT2D eigenvalue weighted by molar-refractivity contribution is 6.02. The van der Waals surface area contributed by atoms with Gasteiger partial charge in [0.1, 0.15) is 11.5 Å². The number of rotatable bonds is 6. The van der Waals surface area contributed by atoms with Gasteiger partial charge < -0.3 is 9.47 Å². The number of hydrogen-bond acceptors (Lipinski definition) is 4. The van der Waals surface area contributed by atoms with E-state index < -0.39 is 0 Å². The van der Waals surface area contributed by atoms with E-state index in [-0.39, 0.29) is 12.5 Å². The van der Waals surface area contributed by atoms with Crippen LogP contribution in [0.3, 0.4) is 0 Å². The number of hydrogen-bond donors (Lipinski definition) is 1. The van der Waals surface area contributed by atoms with Crippen molar-refractivity contribution in [3.8, 4) is 11.5 Å². The first-order valence-electron chi connectivity index (χ1n) is 8.66. The number of nitrogens with one attached hydrogen (secondary N) is 1. The van der Waals surface area contributed by atoms with E-state index in [4.69, 9.17) is 9.47 Å². The second kappa shape index (κ2) is 8.36. The predicted molar refractivity (Wildman–Crippen MR) is 108 cm³/mol. The molecule has 0 saturated heterocycles. The lowest BCUT2D eigenvalue weighted by Crippen LogP contribution is -2.24. The molecule has 0 atom stereocenters. The molecule has 0 saturated carbocycles. The van der Waals surface area contributed by atoms with Gasteiger partial charge in [0.25, 0.3) is 5.91 Å². The van der Waals surface area contributed by atoms with Gasteiger partial charge in [-0.1, -0.05) is 42.0 Å². The highest BCUT2D eigenvalue weighted by Gasteiger charge is 2.06.